The third kappa shape index (κ3) is 3.76. The summed E-state index contributed by atoms with van der Waals surface area (Å²) in [7, 11) is 0. The SMILES string of the molecule is Cc1ccc(C(=O)Nc2nnc(Cc3ccc4c(c3)OCCO4)o2)cc1C. The van der Waals surface area contributed by atoms with Crippen LogP contribution in [0.25, 0.3) is 0 Å². The van der Waals surface area contributed by atoms with E-state index < -0.39 is 0 Å². The highest BCUT2D eigenvalue weighted by Crippen LogP contribution is 2.31. The third-order valence-electron chi connectivity index (χ3n) is 4.42. The fourth-order valence-electron chi connectivity index (χ4n) is 2.80. The average Bonchev–Trinajstić information content (AvgIpc) is 3.10. The van der Waals surface area contributed by atoms with Gasteiger partial charge < -0.3 is 13.9 Å². The molecule has 1 amide bonds. The van der Waals surface area contributed by atoms with Crippen molar-refractivity contribution in [3.8, 4) is 11.5 Å². The predicted molar refractivity (Wildman–Crippen MR) is 98.4 cm³/mol. The molecule has 7 nitrogen and oxygen atoms in total. The van der Waals surface area contributed by atoms with Crippen molar-refractivity contribution in [1.29, 1.82) is 0 Å². The minimum Gasteiger partial charge on any atom is -0.486 e. The fraction of sp³-hybridized carbons (Fsp3) is 0.250. The molecule has 2 heterocycles. The van der Waals surface area contributed by atoms with Crippen LogP contribution in [0.4, 0.5) is 6.01 Å². The van der Waals surface area contributed by atoms with E-state index in [1.165, 1.54) is 0 Å². The molecule has 0 fully saturated rings. The Morgan fingerprint density at radius 3 is 2.63 bits per heavy atom. The first kappa shape index (κ1) is 17.1. The van der Waals surface area contributed by atoms with Crippen LogP contribution in [0.1, 0.15) is 32.9 Å². The molecule has 2 aromatic carbocycles. The number of ether oxygens (including phenoxy) is 2. The van der Waals surface area contributed by atoms with Gasteiger partial charge in [0.2, 0.25) is 5.89 Å². The van der Waals surface area contributed by atoms with Gasteiger partial charge in [0.05, 0.1) is 6.42 Å². The van der Waals surface area contributed by atoms with Crippen molar-refractivity contribution in [3.05, 3.63) is 64.5 Å². The summed E-state index contributed by atoms with van der Waals surface area (Å²) in [6, 6.07) is 11.3. The summed E-state index contributed by atoms with van der Waals surface area (Å²) >= 11 is 0. The van der Waals surface area contributed by atoms with E-state index >= 15 is 0 Å². The molecular formula is C20H19N3O4. The van der Waals surface area contributed by atoms with E-state index in [1.54, 1.807) is 6.07 Å². The largest absolute Gasteiger partial charge is 0.486 e. The van der Waals surface area contributed by atoms with Crippen molar-refractivity contribution >= 4 is 11.9 Å². The highest BCUT2D eigenvalue weighted by atomic mass is 16.6. The summed E-state index contributed by atoms with van der Waals surface area (Å²) in [4.78, 5) is 12.3. The van der Waals surface area contributed by atoms with Gasteiger partial charge in [0, 0.05) is 5.56 Å². The van der Waals surface area contributed by atoms with Gasteiger partial charge in [-0.3, -0.25) is 10.1 Å². The third-order valence-corrected chi connectivity index (χ3v) is 4.42. The Balaban J connectivity index is 1.44. The number of aromatic nitrogens is 2. The molecule has 1 aliphatic heterocycles. The summed E-state index contributed by atoms with van der Waals surface area (Å²) in [5.41, 5.74) is 3.68. The van der Waals surface area contributed by atoms with Crippen LogP contribution in [0.3, 0.4) is 0 Å². The molecule has 0 bridgehead atoms. The monoisotopic (exact) mass is 365 g/mol. The lowest BCUT2D eigenvalue weighted by atomic mass is 10.1. The maximum Gasteiger partial charge on any atom is 0.322 e. The molecule has 0 aliphatic carbocycles. The molecule has 7 heteroatoms. The summed E-state index contributed by atoms with van der Waals surface area (Å²) < 4.78 is 16.6. The molecule has 1 aromatic heterocycles. The topological polar surface area (TPSA) is 86.5 Å². The van der Waals surface area contributed by atoms with E-state index in [4.69, 9.17) is 13.9 Å². The smallest absolute Gasteiger partial charge is 0.322 e. The molecule has 1 aliphatic rings. The van der Waals surface area contributed by atoms with Crippen LogP contribution in [0.15, 0.2) is 40.8 Å². The van der Waals surface area contributed by atoms with Crippen molar-refractivity contribution in [1.82, 2.24) is 10.2 Å². The molecule has 3 aromatic rings. The van der Waals surface area contributed by atoms with Gasteiger partial charge in [-0.2, -0.15) is 0 Å². The Morgan fingerprint density at radius 2 is 1.81 bits per heavy atom. The lowest BCUT2D eigenvalue weighted by molar-refractivity contribution is 0.102. The van der Waals surface area contributed by atoms with Crippen molar-refractivity contribution in [2.24, 2.45) is 0 Å². The second kappa shape index (κ2) is 7.11. The highest BCUT2D eigenvalue weighted by molar-refractivity contribution is 6.03. The van der Waals surface area contributed by atoms with Crippen LogP contribution in [0, 0.1) is 13.8 Å². The number of carbonyl (C=O) groups excluding carboxylic acids is 1. The maximum absolute atomic E-state index is 12.3. The Kier molecular flexibility index (Phi) is 4.50. The number of nitrogens with zero attached hydrogens (tertiary/aromatic N) is 2. The number of rotatable bonds is 4. The predicted octanol–water partition coefficient (Wildman–Crippen LogP) is 3.30. The fourth-order valence-corrected chi connectivity index (χ4v) is 2.80. The van der Waals surface area contributed by atoms with E-state index in [9.17, 15) is 4.79 Å². The first-order valence-electron chi connectivity index (χ1n) is 8.68. The summed E-state index contributed by atoms with van der Waals surface area (Å²) in [6.07, 6.45) is 0.434. The molecule has 0 saturated carbocycles. The molecule has 0 atom stereocenters. The molecule has 138 valence electrons. The van der Waals surface area contributed by atoms with Gasteiger partial charge in [-0.25, -0.2) is 0 Å². The summed E-state index contributed by atoms with van der Waals surface area (Å²) in [5.74, 6) is 1.56. The minimum atomic E-state index is -0.285. The molecule has 0 saturated heterocycles. The quantitative estimate of drug-likeness (QED) is 0.763. The molecule has 4 rings (SSSR count). The molecule has 0 unspecified atom stereocenters. The van der Waals surface area contributed by atoms with E-state index in [1.807, 2.05) is 44.2 Å². The van der Waals surface area contributed by atoms with E-state index in [0.717, 1.165) is 22.4 Å². The molecule has 1 N–H and O–H groups in total. The van der Waals surface area contributed by atoms with E-state index in [2.05, 4.69) is 15.5 Å². The normalized spacial score (nSPS) is 12.7. The van der Waals surface area contributed by atoms with Crippen LogP contribution in [0.5, 0.6) is 11.5 Å². The van der Waals surface area contributed by atoms with Gasteiger partial charge in [0.1, 0.15) is 13.2 Å². The van der Waals surface area contributed by atoms with Gasteiger partial charge >= 0.3 is 6.01 Å². The van der Waals surface area contributed by atoms with Crippen molar-refractivity contribution in [3.63, 3.8) is 0 Å². The van der Waals surface area contributed by atoms with Crippen molar-refractivity contribution in [2.75, 3.05) is 18.5 Å². The number of hydrogen-bond donors (Lipinski definition) is 1. The van der Waals surface area contributed by atoms with E-state index in [-0.39, 0.29) is 11.9 Å². The van der Waals surface area contributed by atoms with Crippen LogP contribution in [0.2, 0.25) is 0 Å². The van der Waals surface area contributed by atoms with Gasteiger partial charge in [0.25, 0.3) is 5.91 Å². The lowest BCUT2D eigenvalue weighted by Gasteiger charge is -2.18. The number of carbonyl (C=O) groups is 1. The van der Waals surface area contributed by atoms with E-state index in [0.29, 0.717) is 36.8 Å². The van der Waals surface area contributed by atoms with Gasteiger partial charge in [0.15, 0.2) is 11.5 Å². The van der Waals surface area contributed by atoms with Crippen LogP contribution in [-0.4, -0.2) is 29.3 Å². The standard InChI is InChI=1S/C20H19N3O4/c1-12-3-5-15(9-13(12)2)19(24)21-20-23-22-18(27-20)11-14-4-6-16-17(10-14)26-8-7-25-16/h3-6,9-10H,7-8,11H2,1-2H3,(H,21,23,24). The summed E-state index contributed by atoms with van der Waals surface area (Å²) in [5, 5.41) is 10.5. The number of amides is 1. The molecule has 0 radical (unpaired) electrons. The molecule has 27 heavy (non-hydrogen) atoms. The Hall–Kier alpha value is -3.35. The number of benzene rings is 2. The second-order valence-electron chi connectivity index (χ2n) is 6.41. The number of fused-ring (bicyclic) bond motifs is 1. The number of nitrogens with one attached hydrogen (secondary N) is 1. The van der Waals surface area contributed by atoms with Crippen LogP contribution < -0.4 is 14.8 Å². The second-order valence-corrected chi connectivity index (χ2v) is 6.41. The molecule has 0 spiro atoms. The van der Waals surface area contributed by atoms with Crippen LogP contribution in [-0.2, 0) is 6.42 Å². The van der Waals surface area contributed by atoms with Crippen molar-refractivity contribution < 1.29 is 18.7 Å². The van der Waals surface area contributed by atoms with Gasteiger partial charge in [-0.15, -0.1) is 5.10 Å². The zero-order chi connectivity index (χ0) is 18.8. The Morgan fingerprint density at radius 1 is 1.00 bits per heavy atom. The van der Waals surface area contributed by atoms with Crippen molar-refractivity contribution in [2.45, 2.75) is 20.3 Å². The average molecular weight is 365 g/mol. The first-order chi connectivity index (χ1) is 13.1. The van der Waals surface area contributed by atoms with Crippen LogP contribution >= 0.6 is 0 Å². The summed E-state index contributed by atoms with van der Waals surface area (Å²) in [6.45, 7) is 5.05. The zero-order valence-corrected chi connectivity index (χ0v) is 15.1. The number of anilines is 1. The Labute approximate surface area is 156 Å². The highest BCUT2D eigenvalue weighted by Gasteiger charge is 2.15. The number of hydrogen-bond acceptors (Lipinski definition) is 6. The van der Waals surface area contributed by atoms with Gasteiger partial charge in [-0.05, 0) is 54.8 Å². The zero-order valence-electron chi connectivity index (χ0n) is 15.1. The minimum absolute atomic E-state index is 0.0748. The first-order valence-corrected chi connectivity index (χ1v) is 8.68. The van der Waals surface area contributed by atoms with Gasteiger partial charge in [-0.1, -0.05) is 17.2 Å². The molecular weight excluding hydrogens is 346 g/mol. The number of aryl methyl sites for hydroxylation is 2. The maximum atomic E-state index is 12.3. The lowest BCUT2D eigenvalue weighted by Crippen LogP contribution is -2.15. The Bertz CT molecular complexity index is 997.